The first-order valence-corrected chi connectivity index (χ1v) is 12.0. The van der Waals surface area contributed by atoms with Crippen molar-refractivity contribution in [1.29, 1.82) is 0 Å². The highest BCUT2D eigenvalue weighted by molar-refractivity contribution is 5.80. The van der Waals surface area contributed by atoms with Gasteiger partial charge in [0, 0.05) is 25.3 Å². The van der Waals surface area contributed by atoms with Crippen molar-refractivity contribution in [1.82, 2.24) is 10.6 Å². The van der Waals surface area contributed by atoms with Gasteiger partial charge < -0.3 is 20.5 Å². The molecule has 2 aliphatic carbocycles. The number of carbonyl (C=O) groups is 3. The van der Waals surface area contributed by atoms with Crippen molar-refractivity contribution in [3.8, 4) is 11.1 Å². The number of carboxylic acid groups (broad SMARTS) is 1. The molecule has 0 spiro atoms. The maximum Gasteiger partial charge on any atom is 0.407 e. The second-order valence-corrected chi connectivity index (χ2v) is 9.44. The van der Waals surface area contributed by atoms with Crippen molar-refractivity contribution in [2.45, 2.75) is 56.9 Å². The Morgan fingerprint density at radius 2 is 1.68 bits per heavy atom. The SMILES string of the molecule is CCC(CNC(=O)CC1(NC(=O)OCC2c3ccccc3-c3ccccc32)CCC1)CC(=O)O. The molecular formula is C27H32N2O5. The standard InChI is InChI=1S/C27H32N2O5/c1-2-18(14-25(31)32)16-28-24(30)15-27(12-7-13-27)29-26(33)34-17-23-21-10-5-3-8-19(21)20-9-4-6-11-22(20)23/h3-6,8-11,18,23H,2,7,12-17H2,1H3,(H,28,30)(H,29,33)(H,31,32). The Morgan fingerprint density at radius 3 is 2.21 bits per heavy atom. The van der Waals surface area contributed by atoms with Crippen LogP contribution in [0.25, 0.3) is 11.1 Å². The molecule has 7 heteroatoms. The van der Waals surface area contributed by atoms with Crippen molar-refractivity contribution in [2.24, 2.45) is 5.92 Å². The third-order valence-electron chi connectivity index (χ3n) is 7.15. The highest BCUT2D eigenvalue weighted by Crippen LogP contribution is 2.44. The number of alkyl carbamates (subject to hydrolysis) is 1. The number of ether oxygens (including phenoxy) is 1. The van der Waals surface area contributed by atoms with Gasteiger partial charge in [-0.15, -0.1) is 0 Å². The molecule has 2 aromatic rings. The zero-order valence-corrected chi connectivity index (χ0v) is 19.5. The second-order valence-electron chi connectivity index (χ2n) is 9.44. The van der Waals surface area contributed by atoms with Crippen molar-refractivity contribution in [3.05, 3.63) is 59.7 Å². The van der Waals surface area contributed by atoms with Gasteiger partial charge >= 0.3 is 12.1 Å². The molecule has 0 aliphatic heterocycles. The van der Waals surface area contributed by atoms with Gasteiger partial charge in [0.1, 0.15) is 6.61 Å². The van der Waals surface area contributed by atoms with E-state index in [1.807, 2.05) is 31.2 Å². The molecule has 0 heterocycles. The number of carboxylic acids is 1. The summed E-state index contributed by atoms with van der Waals surface area (Å²) in [6.07, 6.45) is 2.74. The van der Waals surface area contributed by atoms with Crippen LogP contribution in [0.4, 0.5) is 4.79 Å². The summed E-state index contributed by atoms with van der Waals surface area (Å²) in [7, 11) is 0. The van der Waals surface area contributed by atoms with Gasteiger partial charge in [-0.05, 0) is 47.4 Å². The summed E-state index contributed by atoms with van der Waals surface area (Å²) >= 11 is 0. The highest BCUT2D eigenvalue weighted by Gasteiger charge is 2.41. The van der Waals surface area contributed by atoms with Gasteiger partial charge in [0.05, 0.1) is 5.54 Å². The van der Waals surface area contributed by atoms with E-state index < -0.39 is 17.6 Å². The summed E-state index contributed by atoms with van der Waals surface area (Å²) in [5, 5.41) is 14.8. The van der Waals surface area contributed by atoms with Crippen LogP contribution in [-0.4, -0.2) is 41.8 Å². The molecule has 0 bridgehead atoms. The highest BCUT2D eigenvalue weighted by atomic mass is 16.5. The van der Waals surface area contributed by atoms with Gasteiger partial charge in [-0.2, -0.15) is 0 Å². The predicted molar refractivity (Wildman–Crippen MR) is 128 cm³/mol. The summed E-state index contributed by atoms with van der Waals surface area (Å²) in [6, 6.07) is 16.4. The maximum atomic E-state index is 12.7. The Labute approximate surface area is 199 Å². The van der Waals surface area contributed by atoms with E-state index in [-0.39, 0.29) is 37.2 Å². The van der Waals surface area contributed by atoms with Crippen LogP contribution in [-0.2, 0) is 14.3 Å². The first kappa shape index (κ1) is 23.8. The molecule has 0 saturated heterocycles. The van der Waals surface area contributed by atoms with E-state index in [0.717, 1.165) is 30.4 Å². The largest absolute Gasteiger partial charge is 0.481 e. The molecule has 1 saturated carbocycles. The molecule has 0 radical (unpaired) electrons. The minimum atomic E-state index is -0.867. The summed E-state index contributed by atoms with van der Waals surface area (Å²) < 4.78 is 5.66. The van der Waals surface area contributed by atoms with Crippen LogP contribution in [0.1, 0.15) is 62.5 Å². The topological polar surface area (TPSA) is 105 Å². The van der Waals surface area contributed by atoms with E-state index in [0.29, 0.717) is 13.0 Å². The third-order valence-corrected chi connectivity index (χ3v) is 7.15. The Balaban J connectivity index is 1.32. The minimum Gasteiger partial charge on any atom is -0.481 e. The molecule has 4 rings (SSSR count). The molecule has 2 aromatic carbocycles. The summed E-state index contributed by atoms with van der Waals surface area (Å²) in [6.45, 7) is 2.46. The van der Waals surface area contributed by atoms with E-state index >= 15 is 0 Å². The number of hydrogen-bond acceptors (Lipinski definition) is 4. The summed E-state index contributed by atoms with van der Waals surface area (Å²) in [4.78, 5) is 36.2. The Kier molecular flexibility index (Phi) is 7.20. The molecule has 0 aromatic heterocycles. The van der Waals surface area contributed by atoms with Crippen molar-refractivity contribution >= 4 is 18.0 Å². The molecule has 2 amide bonds. The Bertz CT molecular complexity index is 1020. The normalized spacial score (nSPS) is 16.5. The number of hydrogen-bond donors (Lipinski definition) is 3. The van der Waals surface area contributed by atoms with E-state index in [9.17, 15) is 14.4 Å². The van der Waals surface area contributed by atoms with Gasteiger partial charge in [0.25, 0.3) is 0 Å². The second kappa shape index (κ2) is 10.3. The first-order chi connectivity index (χ1) is 16.4. The molecule has 180 valence electrons. The fourth-order valence-corrected chi connectivity index (χ4v) is 5.04. The van der Waals surface area contributed by atoms with Crippen LogP contribution < -0.4 is 10.6 Å². The smallest absolute Gasteiger partial charge is 0.407 e. The van der Waals surface area contributed by atoms with Crippen LogP contribution in [0.2, 0.25) is 0 Å². The molecule has 2 aliphatic rings. The van der Waals surface area contributed by atoms with E-state index in [4.69, 9.17) is 9.84 Å². The zero-order chi connectivity index (χ0) is 24.1. The van der Waals surface area contributed by atoms with Crippen LogP contribution >= 0.6 is 0 Å². The monoisotopic (exact) mass is 464 g/mol. The van der Waals surface area contributed by atoms with Gasteiger partial charge in [0.15, 0.2) is 0 Å². The first-order valence-electron chi connectivity index (χ1n) is 12.0. The van der Waals surface area contributed by atoms with Gasteiger partial charge in [-0.3, -0.25) is 9.59 Å². The van der Waals surface area contributed by atoms with Gasteiger partial charge in [-0.25, -0.2) is 4.79 Å². The molecule has 1 fully saturated rings. The fourth-order valence-electron chi connectivity index (χ4n) is 5.04. The number of aliphatic carboxylic acids is 1. The molecule has 34 heavy (non-hydrogen) atoms. The average molecular weight is 465 g/mol. The lowest BCUT2D eigenvalue weighted by molar-refractivity contribution is -0.138. The van der Waals surface area contributed by atoms with E-state index in [1.165, 1.54) is 11.1 Å². The van der Waals surface area contributed by atoms with Crippen molar-refractivity contribution < 1.29 is 24.2 Å². The van der Waals surface area contributed by atoms with Crippen LogP contribution in [0.3, 0.4) is 0 Å². The molecule has 1 unspecified atom stereocenters. The number of amides is 2. The summed E-state index contributed by atoms with van der Waals surface area (Å²) in [5.41, 5.74) is 4.06. The van der Waals surface area contributed by atoms with Crippen LogP contribution in [0.5, 0.6) is 0 Å². The van der Waals surface area contributed by atoms with Gasteiger partial charge in [-0.1, -0.05) is 61.9 Å². The van der Waals surface area contributed by atoms with Crippen LogP contribution in [0.15, 0.2) is 48.5 Å². The lowest BCUT2D eigenvalue weighted by atomic mass is 9.74. The summed E-state index contributed by atoms with van der Waals surface area (Å²) in [5.74, 6) is -1.16. The molecule has 1 atom stereocenters. The quantitative estimate of drug-likeness (QED) is 0.482. The van der Waals surface area contributed by atoms with Crippen molar-refractivity contribution in [2.75, 3.05) is 13.2 Å². The predicted octanol–water partition coefficient (Wildman–Crippen LogP) is 4.46. The minimum absolute atomic E-state index is 0.0148. The lowest BCUT2D eigenvalue weighted by Gasteiger charge is -2.41. The number of nitrogens with one attached hydrogen (secondary N) is 2. The third kappa shape index (κ3) is 5.24. The zero-order valence-electron chi connectivity index (χ0n) is 19.5. The van der Waals surface area contributed by atoms with Crippen LogP contribution in [0, 0.1) is 5.92 Å². The average Bonchev–Trinajstić information content (AvgIpc) is 3.12. The number of carbonyl (C=O) groups excluding carboxylic acids is 2. The molecule has 7 nitrogen and oxygen atoms in total. The Morgan fingerprint density at radius 1 is 1.06 bits per heavy atom. The number of rotatable bonds is 10. The lowest BCUT2D eigenvalue weighted by Crippen LogP contribution is -2.56. The maximum absolute atomic E-state index is 12.7. The van der Waals surface area contributed by atoms with Gasteiger partial charge in [0.2, 0.25) is 5.91 Å². The molecular weight excluding hydrogens is 432 g/mol. The fraction of sp³-hybridized carbons (Fsp3) is 0.444. The molecule has 3 N–H and O–H groups in total. The number of fused-ring (bicyclic) bond motifs is 3. The van der Waals surface area contributed by atoms with E-state index in [2.05, 4.69) is 34.9 Å². The number of benzene rings is 2. The van der Waals surface area contributed by atoms with Crippen molar-refractivity contribution in [3.63, 3.8) is 0 Å². The van der Waals surface area contributed by atoms with E-state index in [1.54, 1.807) is 0 Å². The Hall–Kier alpha value is -3.35.